The number of halogens is 1. The van der Waals surface area contributed by atoms with Crippen molar-refractivity contribution in [2.24, 2.45) is 0 Å². The molecule has 0 aliphatic rings. The van der Waals surface area contributed by atoms with E-state index in [1.54, 1.807) is 0 Å². The summed E-state index contributed by atoms with van der Waals surface area (Å²) in [5.74, 6) is 0.861. The van der Waals surface area contributed by atoms with Gasteiger partial charge in [-0.3, -0.25) is 0 Å². The van der Waals surface area contributed by atoms with Gasteiger partial charge in [-0.25, -0.2) is 9.55 Å². The molecule has 0 radical (unpaired) electrons. The maximum absolute atomic E-state index is 4.66. The molecule has 2 aromatic heterocycles. The van der Waals surface area contributed by atoms with Crippen LogP contribution in [0.3, 0.4) is 0 Å². The Balaban J connectivity index is 0.00000176. The number of thiol groups is 2. The quantitative estimate of drug-likeness (QED) is 0.346. The smallest absolute Gasteiger partial charge is 0.402 e. The zero-order valence-electron chi connectivity index (χ0n) is 12.0. The number of H-pyrrole nitrogens is 1. The van der Waals surface area contributed by atoms with Crippen LogP contribution in [-0.4, -0.2) is 14.5 Å². The third-order valence-corrected chi connectivity index (χ3v) is 3.96. The second kappa shape index (κ2) is 7.90. The number of pyridine rings is 1. The monoisotopic (exact) mass is 351 g/mol. The molecule has 0 amide bonds. The van der Waals surface area contributed by atoms with Gasteiger partial charge in [0.25, 0.3) is 0 Å². The minimum atomic E-state index is 0. The molecule has 0 saturated heterocycles. The summed E-state index contributed by atoms with van der Waals surface area (Å²) < 4.78 is 2.26. The van der Waals surface area contributed by atoms with Gasteiger partial charge < -0.3 is 12.4 Å². The average Bonchev–Trinajstić information content (AvgIpc) is 2.91. The Hall–Kier alpha value is -1.17. The van der Waals surface area contributed by atoms with Gasteiger partial charge in [-0.15, -0.1) is 0 Å². The topological polar surface area (TPSA) is 32.6 Å². The Bertz CT molecular complexity index is 710. The zero-order chi connectivity index (χ0) is 14.7. The van der Waals surface area contributed by atoms with Crippen molar-refractivity contribution in [1.82, 2.24) is 9.97 Å². The Morgan fingerprint density at radius 1 is 1.09 bits per heavy atom. The van der Waals surface area contributed by atoms with Gasteiger partial charge in [-0.05, 0) is 37.1 Å². The van der Waals surface area contributed by atoms with Crippen molar-refractivity contribution in [3.63, 3.8) is 0 Å². The standard InChI is InChI=1S/C16H17N3S2.ClH/c20-15(21)10-5-7-12-6-3-4-11-19(12)16-17-13-8-1-2-9-14(13)18-16;/h1-4,6,8-9,11,15H,5,7,10H2,(H2-,17,18,20,21);1H. The molecule has 0 atom stereocenters. The summed E-state index contributed by atoms with van der Waals surface area (Å²) in [4.78, 5) is 8.04. The van der Waals surface area contributed by atoms with Gasteiger partial charge in [0.2, 0.25) is 0 Å². The minimum Gasteiger partial charge on any atom is -1.00 e. The number of nitrogens with one attached hydrogen (secondary N) is 1. The third-order valence-electron chi connectivity index (χ3n) is 3.44. The van der Waals surface area contributed by atoms with E-state index in [9.17, 15) is 0 Å². The Kier molecular flexibility index (Phi) is 6.17. The number of rotatable bonds is 5. The Morgan fingerprint density at radius 2 is 1.86 bits per heavy atom. The lowest BCUT2D eigenvalue weighted by molar-refractivity contribution is -0.611. The summed E-state index contributed by atoms with van der Waals surface area (Å²) >= 11 is 8.63. The molecule has 0 fully saturated rings. The summed E-state index contributed by atoms with van der Waals surface area (Å²) in [5, 5.41) is 0. The Morgan fingerprint density at radius 3 is 2.64 bits per heavy atom. The fourth-order valence-corrected chi connectivity index (χ4v) is 2.77. The number of hydrogen-bond acceptors (Lipinski definition) is 3. The van der Waals surface area contributed by atoms with Crippen molar-refractivity contribution in [3.8, 4) is 5.95 Å². The maximum atomic E-state index is 4.66. The van der Waals surface area contributed by atoms with Crippen LogP contribution < -0.4 is 17.0 Å². The number of aryl methyl sites for hydroxylation is 1. The first-order valence-electron chi connectivity index (χ1n) is 7.05. The van der Waals surface area contributed by atoms with Crippen molar-refractivity contribution in [2.75, 3.05) is 0 Å². The second-order valence-electron chi connectivity index (χ2n) is 5.01. The van der Waals surface area contributed by atoms with E-state index in [-0.39, 0.29) is 17.0 Å². The highest BCUT2D eigenvalue weighted by Gasteiger charge is 2.15. The van der Waals surface area contributed by atoms with Crippen LogP contribution in [-0.2, 0) is 6.42 Å². The SMILES string of the molecule is SC(S)CCCc1cccc[n+]1-c1nc2ccccc2[nH]1.[Cl-]. The number of para-hydroxylation sites is 2. The van der Waals surface area contributed by atoms with E-state index in [4.69, 9.17) is 0 Å². The highest BCUT2D eigenvalue weighted by molar-refractivity contribution is 7.99. The molecule has 3 rings (SSSR count). The molecule has 3 nitrogen and oxygen atoms in total. The molecule has 0 aliphatic carbocycles. The van der Waals surface area contributed by atoms with E-state index >= 15 is 0 Å². The molecule has 1 N–H and O–H groups in total. The molecular weight excluding hydrogens is 334 g/mol. The first-order chi connectivity index (χ1) is 10.2. The van der Waals surface area contributed by atoms with E-state index in [2.05, 4.69) is 51.9 Å². The fraction of sp³-hybridized carbons (Fsp3) is 0.250. The normalized spacial score (nSPS) is 10.9. The van der Waals surface area contributed by atoms with Gasteiger partial charge in [-0.2, -0.15) is 25.3 Å². The molecule has 0 saturated carbocycles. The lowest BCUT2D eigenvalue weighted by Crippen LogP contribution is -3.00. The molecule has 0 bridgehead atoms. The molecule has 22 heavy (non-hydrogen) atoms. The van der Waals surface area contributed by atoms with Gasteiger partial charge in [-0.1, -0.05) is 23.2 Å². The molecule has 6 heteroatoms. The average molecular weight is 352 g/mol. The van der Waals surface area contributed by atoms with Gasteiger partial charge in [0.15, 0.2) is 5.52 Å². The van der Waals surface area contributed by atoms with Crippen molar-refractivity contribution < 1.29 is 17.0 Å². The molecule has 0 spiro atoms. The maximum Gasteiger partial charge on any atom is 0.402 e. The van der Waals surface area contributed by atoms with Crippen LogP contribution in [0.2, 0.25) is 0 Å². The predicted octanol–water partition coefficient (Wildman–Crippen LogP) is 0.352. The number of aromatic amines is 1. The number of fused-ring (bicyclic) bond motifs is 1. The molecule has 3 aromatic rings. The van der Waals surface area contributed by atoms with Crippen LogP contribution >= 0.6 is 25.3 Å². The number of aromatic nitrogens is 3. The minimum absolute atomic E-state index is 0. The summed E-state index contributed by atoms with van der Waals surface area (Å²) in [6.07, 6.45) is 5.07. The van der Waals surface area contributed by atoms with E-state index < -0.39 is 0 Å². The van der Waals surface area contributed by atoms with E-state index in [1.807, 2.05) is 36.5 Å². The molecule has 1 aromatic carbocycles. The highest BCUT2D eigenvalue weighted by Crippen LogP contribution is 2.13. The van der Waals surface area contributed by atoms with Crippen LogP contribution in [0.15, 0.2) is 48.7 Å². The molecule has 116 valence electrons. The number of benzene rings is 1. The van der Waals surface area contributed by atoms with Crippen molar-refractivity contribution in [1.29, 1.82) is 0 Å². The first-order valence-corrected chi connectivity index (χ1v) is 8.08. The number of imidazole rings is 1. The van der Waals surface area contributed by atoms with E-state index in [0.717, 1.165) is 36.2 Å². The van der Waals surface area contributed by atoms with Crippen LogP contribution in [0.5, 0.6) is 0 Å². The van der Waals surface area contributed by atoms with Crippen molar-refractivity contribution in [3.05, 3.63) is 54.4 Å². The van der Waals surface area contributed by atoms with Gasteiger partial charge in [0, 0.05) is 11.0 Å². The van der Waals surface area contributed by atoms with Crippen LogP contribution in [0.1, 0.15) is 18.5 Å². The van der Waals surface area contributed by atoms with E-state index in [0.29, 0.717) is 0 Å². The summed E-state index contributed by atoms with van der Waals surface area (Å²) in [7, 11) is 0. The number of hydrogen-bond donors (Lipinski definition) is 3. The van der Waals surface area contributed by atoms with Crippen LogP contribution in [0.4, 0.5) is 0 Å². The lowest BCUT2D eigenvalue weighted by Gasteiger charge is -2.06. The summed E-state index contributed by atoms with van der Waals surface area (Å²) in [6.45, 7) is 0. The molecule has 2 heterocycles. The van der Waals surface area contributed by atoms with Crippen molar-refractivity contribution >= 4 is 36.3 Å². The predicted molar refractivity (Wildman–Crippen MR) is 92.3 cm³/mol. The highest BCUT2D eigenvalue weighted by atomic mass is 35.5. The molecular formula is C16H18ClN3S2. The van der Waals surface area contributed by atoms with Crippen LogP contribution in [0.25, 0.3) is 17.0 Å². The third kappa shape index (κ3) is 3.97. The van der Waals surface area contributed by atoms with Gasteiger partial charge in [0.1, 0.15) is 5.52 Å². The molecule has 0 aliphatic heterocycles. The second-order valence-corrected chi connectivity index (χ2v) is 6.67. The van der Waals surface area contributed by atoms with E-state index in [1.165, 1.54) is 5.69 Å². The number of nitrogens with zero attached hydrogens (tertiary/aromatic N) is 2. The lowest BCUT2D eigenvalue weighted by atomic mass is 10.2. The van der Waals surface area contributed by atoms with Crippen LogP contribution in [0, 0.1) is 0 Å². The van der Waals surface area contributed by atoms with Crippen molar-refractivity contribution in [2.45, 2.75) is 23.8 Å². The zero-order valence-corrected chi connectivity index (χ0v) is 14.5. The molecule has 0 unspecified atom stereocenters. The van der Waals surface area contributed by atoms with Gasteiger partial charge in [0.05, 0.1) is 11.9 Å². The largest absolute Gasteiger partial charge is 1.00 e. The van der Waals surface area contributed by atoms with Gasteiger partial charge >= 0.3 is 5.95 Å². The first kappa shape index (κ1) is 17.2. The summed E-state index contributed by atoms with van der Waals surface area (Å²) in [5.41, 5.74) is 3.28. The fourth-order valence-electron chi connectivity index (χ4n) is 2.41. The summed E-state index contributed by atoms with van der Waals surface area (Å²) in [6, 6.07) is 14.3. The Labute approximate surface area is 147 Å².